The molecular formula is C12H13N5O5S2. The molecular weight excluding hydrogens is 358 g/mol. The molecule has 0 aliphatic heterocycles. The highest BCUT2D eigenvalue weighted by atomic mass is 32.2. The van der Waals surface area contributed by atoms with Crippen LogP contribution in [0.2, 0.25) is 0 Å². The molecule has 0 atom stereocenters. The molecule has 1 aromatic carbocycles. The number of anilines is 2. The second kappa shape index (κ2) is 6.88. The van der Waals surface area contributed by atoms with Gasteiger partial charge in [0.15, 0.2) is 0 Å². The summed E-state index contributed by atoms with van der Waals surface area (Å²) in [5, 5.41) is 20.4. The molecule has 1 amide bonds. The fourth-order valence-corrected chi connectivity index (χ4v) is 3.64. The first-order valence-corrected chi connectivity index (χ1v) is 8.94. The quantitative estimate of drug-likeness (QED) is 0.448. The van der Waals surface area contributed by atoms with Crippen LogP contribution in [-0.2, 0) is 14.8 Å². The summed E-state index contributed by atoms with van der Waals surface area (Å²) in [7, 11) is -4.08. The minimum absolute atomic E-state index is 0.0537. The van der Waals surface area contributed by atoms with Crippen molar-refractivity contribution in [2.75, 3.05) is 10.0 Å². The first-order valence-electron chi connectivity index (χ1n) is 6.64. The molecule has 1 heterocycles. The van der Waals surface area contributed by atoms with Gasteiger partial charge in [-0.3, -0.25) is 19.6 Å². The lowest BCUT2D eigenvalue weighted by atomic mass is 10.2. The maximum atomic E-state index is 12.3. The van der Waals surface area contributed by atoms with Crippen LogP contribution in [0.15, 0.2) is 22.5 Å². The van der Waals surface area contributed by atoms with E-state index in [9.17, 15) is 23.3 Å². The van der Waals surface area contributed by atoms with Crippen LogP contribution in [0.5, 0.6) is 0 Å². The molecule has 0 fully saturated rings. The molecule has 0 aliphatic rings. The van der Waals surface area contributed by atoms with Crippen LogP contribution >= 0.6 is 11.3 Å². The van der Waals surface area contributed by atoms with Crippen molar-refractivity contribution in [2.45, 2.75) is 24.6 Å². The molecule has 1 aromatic heterocycles. The molecule has 128 valence electrons. The molecule has 0 unspecified atom stereocenters. The Balaban J connectivity index is 2.27. The summed E-state index contributed by atoms with van der Waals surface area (Å²) < 4.78 is 26.5. The zero-order valence-electron chi connectivity index (χ0n) is 12.6. The van der Waals surface area contributed by atoms with Gasteiger partial charge in [-0.25, -0.2) is 0 Å². The number of hydrogen-bond acceptors (Lipinski definition) is 8. The average Bonchev–Trinajstić information content (AvgIpc) is 2.98. The van der Waals surface area contributed by atoms with Gasteiger partial charge in [0.2, 0.25) is 11.0 Å². The van der Waals surface area contributed by atoms with Crippen molar-refractivity contribution in [3.63, 3.8) is 0 Å². The Hall–Kier alpha value is -2.60. The standard InChI is InChI=1S/C12H13N5O5S2/c1-3-10(18)13-11-14-15-12(23-11)24(21,22)16-9-6-8(17(19)20)5-4-7(9)2/h4-6,16H,3H2,1-2H3,(H,13,14,18). The molecule has 24 heavy (non-hydrogen) atoms. The maximum absolute atomic E-state index is 12.3. The highest BCUT2D eigenvalue weighted by molar-refractivity contribution is 7.94. The van der Waals surface area contributed by atoms with E-state index in [2.05, 4.69) is 20.2 Å². The molecule has 2 aromatic rings. The molecule has 0 aliphatic carbocycles. The van der Waals surface area contributed by atoms with Gasteiger partial charge < -0.3 is 5.32 Å². The minimum Gasteiger partial charge on any atom is -0.301 e. The summed E-state index contributed by atoms with van der Waals surface area (Å²) in [4.78, 5) is 21.5. The second-order valence-corrected chi connectivity index (χ2v) is 7.47. The highest BCUT2D eigenvalue weighted by Gasteiger charge is 2.22. The van der Waals surface area contributed by atoms with E-state index in [1.165, 1.54) is 12.1 Å². The number of carbonyl (C=O) groups is 1. The number of nitro benzene ring substituents is 1. The average molecular weight is 371 g/mol. The molecule has 0 saturated heterocycles. The third kappa shape index (κ3) is 4.02. The van der Waals surface area contributed by atoms with Gasteiger partial charge in [0, 0.05) is 18.6 Å². The van der Waals surface area contributed by atoms with E-state index >= 15 is 0 Å². The number of aryl methyl sites for hydroxylation is 1. The predicted octanol–water partition coefficient (Wildman–Crippen LogP) is 1.90. The van der Waals surface area contributed by atoms with E-state index in [4.69, 9.17) is 0 Å². The first kappa shape index (κ1) is 17.7. The molecule has 10 nitrogen and oxygen atoms in total. The number of aromatic nitrogens is 2. The summed E-state index contributed by atoms with van der Waals surface area (Å²) in [5.41, 5.74) is 0.332. The van der Waals surface area contributed by atoms with Crippen molar-refractivity contribution in [1.82, 2.24) is 10.2 Å². The summed E-state index contributed by atoms with van der Waals surface area (Å²) in [5.74, 6) is -0.322. The number of amides is 1. The zero-order valence-corrected chi connectivity index (χ0v) is 14.3. The highest BCUT2D eigenvalue weighted by Crippen LogP contribution is 2.26. The normalized spacial score (nSPS) is 11.1. The van der Waals surface area contributed by atoms with Gasteiger partial charge in [0.25, 0.3) is 20.1 Å². The number of rotatable bonds is 6. The topological polar surface area (TPSA) is 144 Å². The largest absolute Gasteiger partial charge is 0.301 e. The SMILES string of the molecule is CCC(=O)Nc1nnc(S(=O)(=O)Nc2cc([N+](=O)[O-])ccc2C)s1. The van der Waals surface area contributed by atoms with Gasteiger partial charge in [-0.15, -0.1) is 10.2 Å². The van der Waals surface area contributed by atoms with E-state index < -0.39 is 14.9 Å². The predicted molar refractivity (Wildman–Crippen MR) is 87.5 cm³/mol. The number of nitro groups is 1. The lowest BCUT2D eigenvalue weighted by Crippen LogP contribution is -2.13. The molecule has 0 bridgehead atoms. The second-order valence-electron chi connectivity index (χ2n) is 4.64. The lowest BCUT2D eigenvalue weighted by molar-refractivity contribution is -0.384. The van der Waals surface area contributed by atoms with Crippen LogP contribution < -0.4 is 10.0 Å². The monoisotopic (exact) mass is 371 g/mol. The summed E-state index contributed by atoms with van der Waals surface area (Å²) in [6, 6.07) is 3.83. The number of benzene rings is 1. The van der Waals surface area contributed by atoms with Crippen molar-refractivity contribution in [3.8, 4) is 0 Å². The number of hydrogen-bond donors (Lipinski definition) is 2. The van der Waals surface area contributed by atoms with Gasteiger partial charge in [0.1, 0.15) is 0 Å². The lowest BCUT2D eigenvalue weighted by Gasteiger charge is -2.07. The van der Waals surface area contributed by atoms with Gasteiger partial charge in [0.05, 0.1) is 10.6 Å². The molecule has 2 N–H and O–H groups in total. The Kier molecular flexibility index (Phi) is 5.09. The summed E-state index contributed by atoms with van der Waals surface area (Å²) in [6.07, 6.45) is 0.215. The Morgan fingerprint density at radius 2 is 2.08 bits per heavy atom. The summed E-state index contributed by atoms with van der Waals surface area (Å²) in [6.45, 7) is 3.25. The van der Waals surface area contributed by atoms with Crippen molar-refractivity contribution >= 4 is 43.8 Å². The zero-order chi connectivity index (χ0) is 17.9. The van der Waals surface area contributed by atoms with Crippen LogP contribution in [0, 0.1) is 17.0 Å². The Labute approximate surface area is 141 Å². The van der Waals surface area contributed by atoms with Crippen LogP contribution in [0.25, 0.3) is 0 Å². The van der Waals surface area contributed by atoms with Crippen LogP contribution in [0.1, 0.15) is 18.9 Å². The van der Waals surface area contributed by atoms with E-state index in [0.29, 0.717) is 16.9 Å². The molecule has 12 heteroatoms. The number of carbonyl (C=O) groups excluding carboxylic acids is 1. The Morgan fingerprint density at radius 1 is 1.38 bits per heavy atom. The van der Waals surface area contributed by atoms with E-state index in [0.717, 1.165) is 6.07 Å². The van der Waals surface area contributed by atoms with Gasteiger partial charge in [-0.1, -0.05) is 24.3 Å². The number of nitrogens with one attached hydrogen (secondary N) is 2. The fraction of sp³-hybridized carbons (Fsp3) is 0.250. The van der Waals surface area contributed by atoms with Crippen molar-refractivity contribution in [2.24, 2.45) is 0 Å². The molecule has 0 spiro atoms. The molecule has 0 radical (unpaired) electrons. The van der Waals surface area contributed by atoms with Crippen molar-refractivity contribution in [3.05, 3.63) is 33.9 Å². The van der Waals surface area contributed by atoms with E-state index in [1.54, 1.807) is 13.8 Å². The van der Waals surface area contributed by atoms with Crippen molar-refractivity contribution in [1.29, 1.82) is 0 Å². The van der Waals surface area contributed by atoms with E-state index in [-0.39, 0.29) is 33.2 Å². The third-order valence-electron chi connectivity index (χ3n) is 2.88. The Morgan fingerprint density at radius 3 is 2.71 bits per heavy atom. The number of nitrogens with zero attached hydrogens (tertiary/aromatic N) is 3. The smallest absolute Gasteiger partial charge is 0.291 e. The van der Waals surface area contributed by atoms with Crippen LogP contribution in [0.3, 0.4) is 0 Å². The van der Waals surface area contributed by atoms with E-state index in [1.807, 2.05) is 0 Å². The maximum Gasteiger partial charge on any atom is 0.291 e. The molecule has 2 rings (SSSR count). The van der Waals surface area contributed by atoms with Gasteiger partial charge in [-0.2, -0.15) is 8.42 Å². The van der Waals surface area contributed by atoms with Crippen LogP contribution in [0.4, 0.5) is 16.5 Å². The first-order chi connectivity index (χ1) is 11.2. The summed E-state index contributed by atoms with van der Waals surface area (Å²) >= 11 is 0.681. The van der Waals surface area contributed by atoms with Crippen molar-refractivity contribution < 1.29 is 18.1 Å². The minimum atomic E-state index is -4.08. The van der Waals surface area contributed by atoms with Gasteiger partial charge in [-0.05, 0) is 12.5 Å². The Bertz CT molecular complexity index is 893. The number of sulfonamides is 1. The van der Waals surface area contributed by atoms with Crippen LogP contribution in [-0.4, -0.2) is 29.4 Å². The fourth-order valence-electron chi connectivity index (χ4n) is 1.60. The van der Waals surface area contributed by atoms with Gasteiger partial charge >= 0.3 is 0 Å². The number of non-ortho nitro benzene ring substituents is 1. The molecule has 0 saturated carbocycles. The third-order valence-corrected chi connectivity index (χ3v) is 5.45.